The summed E-state index contributed by atoms with van der Waals surface area (Å²) in [7, 11) is -2.05. The minimum Gasteiger partial charge on any atom is -0.497 e. The lowest BCUT2D eigenvalue weighted by Crippen LogP contribution is -2.49. The molecule has 0 saturated carbocycles. The zero-order valence-electron chi connectivity index (χ0n) is 16.3. The van der Waals surface area contributed by atoms with Crippen LogP contribution in [0.25, 0.3) is 5.82 Å². The van der Waals surface area contributed by atoms with Gasteiger partial charge in [0.2, 0.25) is 10.0 Å². The van der Waals surface area contributed by atoms with Crippen molar-refractivity contribution >= 4 is 15.8 Å². The van der Waals surface area contributed by atoms with E-state index in [1.54, 1.807) is 35.1 Å². The van der Waals surface area contributed by atoms with Gasteiger partial charge >= 0.3 is 0 Å². The summed E-state index contributed by atoms with van der Waals surface area (Å²) >= 11 is 0. The van der Waals surface area contributed by atoms with Crippen molar-refractivity contribution in [2.45, 2.75) is 11.8 Å². The fourth-order valence-corrected chi connectivity index (χ4v) is 4.75. The maximum atomic E-state index is 13.0. The van der Waals surface area contributed by atoms with Gasteiger partial charge in [-0.2, -0.15) is 9.40 Å². The number of aromatic nitrogens is 4. The molecule has 0 aliphatic carbocycles. The molecule has 10 heteroatoms. The van der Waals surface area contributed by atoms with Crippen molar-refractivity contribution in [2.24, 2.45) is 0 Å². The third-order valence-corrected chi connectivity index (χ3v) is 6.69. The van der Waals surface area contributed by atoms with Crippen molar-refractivity contribution in [1.82, 2.24) is 24.1 Å². The van der Waals surface area contributed by atoms with Crippen LogP contribution < -0.4 is 9.64 Å². The molecule has 1 aliphatic rings. The molecule has 1 saturated heterocycles. The van der Waals surface area contributed by atoms with Gasteiger partial charge < -0.3 is 9.64 Å². The average Bonchev–Trinajstić information content (AvgIpc) is 3.28. The molecule has 0 N–H and O–H groups in total. The normalized spacial score (nSPS) is 15.4. The smallest absolute Gasteiger partial charge is 0.243 e. The summed E-state index contributed by atoms with van der Waals surface area (Å²) in [5.41, 5.74) is 0. The fraction of sp³-hybridized carbons (Fsp3) is 0.316. The molecule has 3 aromatic rings. The maximum absolute atomic E-state index is 13.0. The molecule has 1 fully saturated rings. The van der Waals surface area contributed by atoms with Gasteiger partial charge in [-0.1, -0.05) is 6.07 Å². The van der Waals surface area contributed by atoms with E-state index in [9.17, 15) is 8.42 Å². The van der Waals surface area contributed by atoms with Crippen molar-refractivity contribution < 1.29 is 13.2 Å². The second-order valence-electron chi connectivity index (χ2n) is 6.65. The molecule has 0 bridgehead atoms. The van der Waals surface area contributed by atoms with E-state index in [0.717, 1.165) is 5.82 Å². The summed E-state index contributed by atoms with van der Waals surface area (Å²) in [4.78, 5) is 11.3. The Morgan fingerprint density at radius 1 is 1.00 bits per heavy atom. The lowest BCUT2D eigenvalue weighted by Gasteiger charge is -2.34. The van der Waals surface area contributed by atoms with Crippen molar-refractivity contribution in [3.63, 3.8) is 0 Å². The van der Waals surface area contributed by atoms with Crippen molar-refractivity contribution in [1.29, 1.82) is 0 Å². The number of hydrogen-bond acceptors (Lipinski definition) is 7. The molecular weight excluding hydrogens is 392 g/mol. The quantitative estimate of drug-likeness (QED) is 0.624. The van der Waals surface area contributed by atoms with Crippen LogP contribution in [0.15, 0.2) is 53.7 Å². The van der Waals surface area contributed by atoms with Gasteiger partial charge in [0.1, 0.15) is 17.4 Å². The summed E-state index contributed by atoms with van der Waals surface area (Å²) in [6, 6.07) is 10.2. The van der Waals surface area contributed by atoms with Gasteiger partial charge in [0.05, 0.1) is 12.0 Å². The van der Waals surface area contributed by atoms with E-state index in [-0.39, 0.29) is 4.90 Å². The number of ether oxygens (including phenoxy) is 1. The lowest BCUT2D eigenvalue weighted by atomic mass is 10.3. The van der Waals surface area contributed by atoms with Crippen LogP contribution in [-0.4, -0.2) is 65.8 Å². The summed E-state index contributed by atoms with van der Waals surface area (Å²) in [5, 5.41) is 4.22. The molecule has 0 spiro atoms. The van der Waals surface area contributed by atoms with Crippen molar-refractivity contribution in [2.75, 3.05) is 38.2 Å². The molecular formula is C19H22N6O3S. The van der Waals surface area contributed by atoms with E-state index in [1.165, 1.54) is 11.4 Å². The number of methoxy groups -OCH3 is 1. The highest BCUT2D eigenvalue weighted by Gasteiger charge is 2.29. The number of rotatable bonds is 5. The topological polar surface area (TPSA) is 93.5 Å². The standard InChI is InChI=1S/C19H22N6O3S/c1-15-21-18(14-19(22-15)25-8-4-7-20-25)23-9-11-24(12-10-23)29(26,27)17-6-3-5-16(13-17)28-2/h3-8,13-14H,9-12H2,1-2H3. The van der Waals surface area contributed by atoms with Crippen LogP contribution in [0.1, 0.15) is 5.82 Å². The molecule has 1 aliphatic heterocycles. The monoisotopic (exact) mass is 414 g/mol. The Balaban J connectivity index is 1.51. The van der Waals surface area contributed by atoms with Crippen LogP contribution in [0.4, 0.5) is 5.82 Å². The second kappa shape index (κ2) is 7.80. The number of sulfonamides is 1. The highest BCUT2D eigenvalue weighted by atomic mass is 32.2. The Labute approximate surface area is 169 Å². The Kier molecular flexibility index (Phi) is 5.20. The van der Waals surface area contributed by atoms with E-state index in [1.807, 2.05) is 25.3 Å². The van der Waals surface area contributed by atoms with E-state index in [0.29, 0.717) is 43.6 Å². The minimum atomic E-state index is -3.57. The molecule has 29 heavy (non-hydrogen) atoms. The summed E-state index contributed by atoms with van der Waals surface area (Å²) in [5.74, 6) is 2.61. The molecule has 2 aromatic heterocycles. The molecule has 9 nitrogen and oxygen atoms in total. The first-order valence-electron chi connectivity index (χ1n) is 9.22. The molecule has 0 amide bonds. The second-order valence-corrected chi connectivity index (χ2v) is 8.59. The van der Waals surface area contributed by atoms with Gasteiger partial charge in [-0.15, -0.1) is 0 Å². The molecule has 0 unspecified atom stereocenters. The largest absolute Gasteiger partial charge is 0.497 e. The third kappa shape index (κ3) is 3.94. The predicted molar refractivity (Wildman–Crippen MR) is 108 cm³/mol. The number of aryl methyl sites for hydroxylation is 1. The molecule has 3 heterocycles. The Morgan fingerprint density at radius 3 is 2.45 bits per heavy atom. The van der Waals surface area contributed by atoms with Gasteiger partial charge in [-0.05, 0) is 25.1 Å². The summed E-state index contributed by atoms with van der Waals surface area (Å²) in [6.45, 7) is 3.66. The van der Waals surface area contributed by atoms with Gasteiger partial charge in [0, 0.05) is 50.7 Å². The van der Waals surface area contributed by atoms with E-state index < -0.39 is 10.0 Å². The Bertz CT molecular complexity index is 1090. The van der Waals surface area contributed by atoms with E-state index >= 15 is 0 Å². The third-order valence-electron chi connectivity index (χ3n) is 4.79. The maximum Gasteiger partial charge on any atom is 0.243 e. The van der Waals surface area contributed by atoms with Gasteiger partial charge in [0.15, 0.2) is 5.82 Å². The van der Waals surface area contributed by atoms with Gasteiger partial charge in [-0.25, -0.2) is 23.1 Å². The molecule has 0 atom stereocenters. The first-order valence-corrected chi connectivity index (χ1v) is 10.7. The van der Waals surface area contributed by atoms with Crippen LogP contribution in [0, 0.1) is 6.92 Å². The minimum absolute atomic E-state index is 0.240. The number of piperazine rings is 1. The van der Waals surface area contributed by atoms with Crippen molar-refractivity contribution in [3.05, 3.63) is 54.6 Å². The zero-order chi connectivity index (χ0) is 20.4. The lowest BCUT2D eigenvalue weighted by molar-refractivity contribution is 0.382. The highest BCUT2D eigenvalue weighted by Crippen LogP contribution is 2.23. The average molecular weight is 414 g/mol. The van der Waals surface area contributed by atoms with Crippen LogP contribution in [0.2, 0.25) is 0 Å². The van der Waals surface area contributed by atoms with Gasteiger partial charge in [0.25, 0.3) is 0 Å². The first-order chi connectivity index (χ1) is 14.0. The van der Waals surface area contributed by atoms with E-state index in [4.69, 9.17) is 4.74 Å². The molecule has 0 radical (unpaired) electrons. The van der Waals surface area contributed by atoms with E-state index in [2.05, 4.69) is 20.0 Å². The van der Waals surface area contributed by atoms with Crippen LogP contribution >= 0.6 is 0 Å². The fourth-order valence-electron chi connectivity index (χ4n) is 3.29. The van der Waals surface area contributed by atoms with Gasteiger partial charge in [-0.3, -0.25) is 0 Å². The number of nitrogens with zero attached hydrogens (tertiary/aromatic N) is 6. The number of benzene rings is 1. The Hall–Kier alpha value is -2.98. The van der Waals surface area contributed by atoms with Crippen LogP contribution in [0.5, 0.6) is 5.75 Å². The summed E-state index contributed by atoms with van der Waals surface area (Å²) < 4.78 is 34.3. The Morgan fingerprint density at radius 2 is 1.76 bits per heavy atom. The number of hydrogen-bond donors (Lipinski definition) is 0. The number of anilines is 1. The predicted octanol–water partition coefficient (Wildman–Crippen LogP) is 1.49. The van der Waals surface area contributed by atoms with Crippen LogP contribution in [0.3, 0.4) is 0 Å². The first kappa shape index (κ1) is 19.3. The summed E-state index contributed by atoms with van der Waals surface area (Å²) in [6.07, 6.45) is 3.52. The van der Waals surface area contributed by atoms with Crippen LogP contribution in [-0.2, 0) is 10.0 Å². The highest BCUT2D eigenvalue weighted by molar-refractivity contribution is 7.89. The molecule has 152 valence electrons. The SMILES string of the molecule is COc1cccc(S(=O)(=O)N2CCN(c3cc(-n4cccn4)nc(C)n3)CC2)c1. The van der Waals surface area contributed by atoms with Crippen molar-refractivity contribution in [3.8, 4) is 11.6 Å². The zero-order valence-corrected chi connectivity index (χ0v) is 17.1. The molecule has 1 aromatic carbocycles. The molecule has 4 rings (SSSR count).